The molecule has 0 spiro atoms. The Morgan fingerprint density at radius 3 is 2.31 bits per heavy atom. The van der Waals surface area contributed by atoms with Crippen molar-refractivity contribution in [3.8, 4) is 5.75 Å². The molecule has 2 unspecified atom stereocenters. The number of esters is 1. The Labute approximate surface area is 157 Å². The number of pyridine rings is 1. The van der Waals surface area contributed by atoms with Crippen LogP contribution < -0.4 is 4.74 Å². The summed E-state index contributed by atoms with van der Waals surface area (Å²) in [4.78, 5) is 16.9. The molecule has 0 saturated carbocycles. The van der Waals surface area contributed by atoms with Gasteiger partial charge in [-0.3, -0.25) is 4.98 Å². The first-order valence-electron chi connectivity index (χ1n) is 8.22. The average molecular weight is 368 g/mol. The normalized spacial score (nSPS) is 12.8. The second-order valence-corrected chi connectivity index (χ2v) is 6.13. The lowest BCUT2D eigenvalue weighted by atomic mass is 10.1. The molecule has 0 amide bonds. The van der Waals surface area contributed by atoms with Crippen LogP contribution in [0.2, 0.25) is 5.02 Å². The topological polar surface area (TPSA) is 48.4 Å². The molecule has 3 aromatic rings. The molecule has 26 heavy (non-hydrogen) atoms. The van der Waals surface area contributed by atoms with E-state index in [1.165, 1.54) is 0 Å². The van der Waals surface area contributed by atoms with E-state index in [4.69, 9.17) is 21.1 Å². The maximum Gasteiger partial charge on any atom is 0.348 e. The Balaban J connectivity index is 1.75. The number of nitrogens with zero attached hydrogens (tertiary/aromatic N) is 1. The molecule has 0 saturated heterocycles. The van der Waals surface area contributed by atoms with Gasteiger partial charge in [0, 0.05) is 11.2 Å². The van der Waals surface area contributed by atoms with Crippen LogP contribution >= 0.6 is 11.6 Å². The molecular weight excluding hydrogens is 350 g/mol. The molecule has 0 aliphatic carbocycles. The fraction of sp³-hybridized carbons (Fsp3) is 0.143. The zero-order valence-electron chi connectivity index (χ0n) is 14.2. The van der Waals surface area contributed by atoms with Crippen molar-refractivity contribution in [3.63, 3.8) is 0 Å². The van der Waals surface area contributed by atoms with E-state index < -0.39 is 18.2 Å². The Hall–Kier alpha value is -2.85. The van der Waals surface area contributed by atoms with E-state index in [0.29, 0.717) is 16.5 Å². The lowest BCUT2D eigenvalue weighted by Gasteiger charge is -2.21. The minimum atomic E-state index is -0.772. The van der Waals surface area contributed by atoms with Crippen molar-refractivity contribution in [2.45, 2.75) is 19.1 Å². The van der Waals surface area contributed by atoms with Gasteiger partial charge in [0.2, 0.25) is 0 Å². The SMILES string of the molecule is CC(Oc1ccc(Cl)cc1)C(=O)OC(c1ccccc1)c1ccccn1. The fourth-order valence-corrected chi connectivity index (χ4v) is 2.56. The smallest absolute Gasteiger partial charge is 0.348 e. The van der Waals surface area contributed by atoms with Gasteiger partial charge in [0.1, 0.15) is 5.75 Å². The highest BCUT2D eigenvalue weighted by molar-refractivity contribution is 6.30. The van der Waals surface area contributed by atoms with E-state index in [9.17, 15) is 4.79 Å². The van der Waals surface area contributed by atoms with E-state index >= 15 is 0 Å². The number of hydrogen-bond donors (Lipinski definition) is 0. The summed E-state index contributed by atoms with van der Waals surface area (Å²) >= 11 is 5.86. The molecule has 132 valence electrons. The van der Waals surface area contributed by atoms with Gasteiger partial charge in [0.05, 0.1) is 5.69 Å². The van der Waals surface area contributed by atoms with Crippen LogP contribution in [-0.4, -0.2) is 17.1 Å². The highest BCUT2D eigenvalue weighted by Crippen LogP contribution is 2.25. The monoisotopic (exact) mass is 367 g/mol. The van der Waals surface area contributed by atoms with Gasteiger partial charge in [-0.15, -0.1) is 0 Å². The standard InChI is InChI=1S/C21H18ClNO3/c1-15(25-18-12-10-17(22)11-13-18)21(24)26-20(16-7-3-2-4-8-16)19-9-5-6-14-23-19/h2-15,20H,1H3. The van der Waals surface area contributed by atoms with Gasteiger partial charge >= 0.3 is 5.97 Å². The number of carbonyl (C=O) groups is 1. The molecule has 5 heteroatoms. The van der Waals surface area contributed by atoms with Crippen LogP contribution in [0.3, 0.4) is 0 Å². The van der Waals surface area contributed by atoms with Crippen LogP contribution in [0, 0.1) is 0 Å². The number of halogens is 1. The Kier molecular flexibility index (Phi) is 5.87. The Morgan fingerprint density at radius 1 is 0.962 bits per heavy atom. The number of rotatable bonds is 6. The van der Waals surface area contributed by atoms with Gasteiger partial charge in [-0.1, -0.05) is 48.0 Å². The van der Waals surface area contributed by atoms with Crippen LogP contribution in [0.5, 0.6) is 5.75 Å². The summed E-state index contributed by atoms with van der Waals surface area (Å²) in [5.74, 6) is 0.0763. The van der Waals surface area contributed by atoms with Crippen LogP contribution in [0.1, 0.15) is 24.3 Å². The van der Waals surface area contributed by atoms with Gasteiger partial charge in [-0.05, 0) is 48.9 Å². The molecule has 0 bridgehead atoms. The van der Waals surface area contributed by atoms with Crippen LogP contribution in [0.25, 0.3) is 0 Å². The molecule has 1 heterocycles. The molecule has 0 radical (unpaired) electrons. The molecule has 0 fully saturated rings. The third-order valence-electron chi connectivity index (χ3n) is 3.75. The zero-order valence-corrected chi connectivity index (χ0v) is 15.0. The first kappa shape index (κ1) is 18.0. The number of hydrogen-bond acceptors (Lipinski definition) is 4. The summed E-state index contributed by atoms with van der Waals surface area (Å²) in [5, 5.41) is 0.604. The van der Waals surface area contributed by atoms with Crippen LogP contribution in [-0.2, 0) is 9.53 Å². The van der Waals surface area contributed by atoms with Crippen molar-refractivity contribution in [3.05, 3.63) is 95.3 Å². The first-order valence-corrected chi connectivity index (χ1v) is 8.60. The molecule has 2 aromatic carbocycles. The van der Waals surface area contributed by atoms with Crippen LogP contribution in [0.4, 0.5) is 0 Å². The van der Waals surface area contributed by atoms with Crippen LogP contribution in [0.15, 0.2) is 79.0 Å². The predicted octanol–water partition coefficient (Wildman–Crippen LogP) is 4.84. The van der Waals surface area contributed by atoms with Crippen molar-refractivity contribution >= 4 is 17.6 Å². The third-order valence-corrected chi connectivity index (χ3v) is 4.00. The summed E-state index contributed by atoms with van der Waals surface area (Å²) in [5.41, 5.74) is 1.50. The minimum absolute atomic E-state index is 0.473. The van der Waals surface area contributed by atoms with Gasteiger partial charge in [-0.2, -0.15) is 0 Å². The summed E-state index contributed by atoms with van der Waals surface area (Å²) < 4.78 is 11.4. The maximum atomic E-state index is 12.6. The molecule has 4 nitrogen and oxygen atoms in total. The summed E-state index contributed by atoms with van der Waals surface area (Å²) in [7, 11) is 0. The van der Waals surface area contributed by atoms with E-state index in [-0.39, 0.29) is 0 Å². The second-order valence-electron chi connectivity index (χ2n) is 5.70. The van der Waals surface area contributed by atoms with E-state index in [2.05, 4.69) is 4.98 Å². The number of carbonyl (C=O) groups excluding carboxylic acids is 1. The lowest BCUT2D eigenvalue weighted by Crippen LogP contribution is -2.28. The minimum Gasteiger partial charge on any atom is -0.479 e. The third kappa shape index (κ3) is 4.61. The molecule has 0 N–H and O–H groups in total. The van der Waals surface area contributed by atoms with E-state index in [1.807, 2.05) is 48.5 Å². The highest BCUT2D eigenvalue weighted by Gasteiger charge is 2.24. The zero-order chi connectivity index (χ0) is 18.4. The first-order chi connectivity index (χ1) is 12.6. The van der Waals surface area contributed by atoms with Crippen molar-refractivity contribution in [1.82, 2.24) is 4.98 Å². The van der Waals surface area contributed by atoms with Crippen molar-refractivity contribution in [2.75, 3.05) is 0 Å². The lowest BCUT2D eigenvalue weighted by molar-refractivity contribution is -0.155. The highest BCUT2D eigenvalue weighted by atomic mass is 35.5. The largest absolute Gasteiger partial charge is 0.479 e. The molecular formula is C21H18ClNO3. The molecule has 0 aliphatic heterocycles. The second kappa shape index (κ2) is 8.50. The summed E-state index contributed by atoms with van der Waals surface area (Å²) in [6, 6.07) is 21.8. The number of aromatic nitrogens is 1. The van der Waals surface area contributed by atoms with E-state index in [0.717, 1.165) is 5.56 Å². The Bertz CT molecular complexity index is 799. The summed E-state index contributed by atoms with van der Waals surface area (Å²) in [6.07, 6.45) is 0.305. The Morgan fingerprint density at radius 2 is 1.65 bits per heavy atom. The van der Waals surface area contributed by atoms with Crippen molar-refractivity contribution < 1.29 is 14.3 Å². The fourth-order valence-electron chi connectivity index (χ4n) is 2.44. The van der Waals surface area contributed by atoms with E-state index in [1.54, 1.807) is 37.4 Å². The molecule has 2 atom stereocenters. The van der Waals surface area contributed by atoms with Gasteiger partial charge < -0.3 is 9.47 Å². The number of ether oxygens (including phenoxy) is 2. The molecule has 0 aliphatic rings. The molecule has 1 aromatic heterocycles. The van der Waals surface area contributed by atoms with Gasteiger partial charge in [0.25, 0.3) is 0 Å². The maximum absolute atomic E-state index is 12.6. The van der Waals surface area contributed by atoms with Gasteiger partial charge in [0.15, 0.2) is 12.2 Å². The average Bonchev–Trinajstić information content (AvgIpc) is 2.69. The van der Waals surface area contributed by atoms with Gasteiger partial charge in [-0.25, -0.2) is 4.79 Å². The molecule has 3 rings (SSSR count). The number of benzene rings is 2. The van der Waals surface area contributed by atoms with Crippen molar-refractivity contribution in [1.29, 1.82) is 0 Å². The summed E-state index contributed by atoms with van der Waals surface area (Å²) in [6.45, 7) is 1.65. The quantitative estimate of drug-likeness (QED) is 0.585. The predicted molar refractivity (Wildman–Crippen MR) is 100 cm³/mol. The van der Waals surface area contributed by atoms with Crippen molar-refractivity contribution in [2.24, 2.45) is 0 Å².